The molecule has 1 aliphatic rings. The van der Waals surface area contributed by atoms with Gasteiger partial charge < -0.3 is 10.6 Å². The fraction of sp³-hybridized carbons (Fsp3) is 0.316. The van der Waals surface area contributed by atoms with E-state index >= 15 is 0 Å². The van der Waals surface area contributed by atoms with Crippen molar-refractivity contribution in [1.82, 2.24) is 4.31 Å². The summed E-state index contributed by atoms with van der Waals surface area (Å²) in [6.45, 7) is 1.22. The second kappa shape index (κ2) is 8.73. The van der Waals surface area contributed by atoms with E-state index in [2.05, 4.69) is 10.6 Å². The highest BCUT2D eigenvalue weighted by molar-refractivity contribution is 7.89. The van der Waals surface area contributed by atoms with Gasteiger partial charge in [0.05, 0.1) is 11.4 Å². The van der Waals surface area contributed by atoms with Crippen molar-refractivity contribution < 1.29 is 13.2 Å². The molecule has 1 amide bonds. The molecule has 0 atom stereocenters. The molecular formula is C19H22ClN3O3S. The molecule has 3 rings (SSSR count). The Hall–Kier alpha value is -2.09. The summed E-state index contributed by atoms with van der Waals surface area (Å²) in [5.41, 5.74) is 1.34. The van der Waals surface area contributed by atoms with E-state index in [1.165, 1.54) is 0 Å². The van der Waals surface area contributed by atoms with E-state index < -0.39 is 10.0 Å². The lowest BCUT2D eigenvalue weighted by molar-refractivity contribution is -0.114. The van der Waals surface area contributed by atoms with Gasteiger partial charge in [0.25, 0.3) is 0 Å². The molecule has 1 aliphatic heterocycles. The van der Waals surface area contributed by atoms with Gasteiger partial charge in [0.1, 0.15) is 0 Å². The smallest absolute Gasteiger partial charge is 0.243 e. The highest BCUT2D eigenvalue weighted by Gasteiger charge is 2.25. The maximum absolute atomic E-state index is 12.6. The minimum absolute atomic E-state index is 0.0703. The normalized spacial score (nSPS) is 15.3. The van der Waals surface area contributed by atoms with Gasteiger partial charge >= 0.3 is 0 Å². The van der Waals surface area contributed by atoms with Crippen molar-refractivity contribution in [3.8, 4) is 0 Å². The zero-order valence-electron chi connectivity index (χ0n) is 14.8. The predicted octanol–water partition coefficient (Wildman–Crippen LogP) is 3.57. The summed E-state index contributed by atoms with van der Waals surface area (Å²) < 4.78 is 26.8. The number of anilines is 2. The van der Waals surface area contributed by atoms with Crippen molar-refractivity contribution in [3.63, 3.8) is 0 Å². The van der Waals surface area contributed by atoms with Gasteiger partial charge in [0, 0.05) is 29.5 Å². The Labute approximate surface area is 164 Å². The molecule has 8 heteroatoms. The Morgan fingerprint density at radius 2 is 1.52 bits per heavy atom. The second-order valence-corrected chi connectivity index (χ2v) is 8.77. The largest absolute Gasteiger partial charge is 0.376 e. The lowest BCUT2D eigenvalue weighted by atomic mass is 10.2. The monoisotopic (exact) mass is 407 g/mol. The van der Waals surface area contributed by atoms with Gasteiger partial charge in [0.2, 0.25) is 15.9 Å². The average Bonchev–Trinajstić information content (AvgIpc) is 2.69. The van der Waals surface area contributed by atoms with Crippen LogP contribution in [0.25, 0.3) is 0 Å². The maximum atomic E-state index is 12.6. The van der Waals surface area contributed by atoms with Crippen LogP contribution in [0.15, 0.2) is 53.4 Å². The lowest BCUT2D eigenvalue weighted by Gasteiger charge is -2.25. The minimum Gasteiger partial charge on any atom is -0.376 e. The second-order valence-electron chi connectivity index (χ2n) is 6.40. The highest BCUT2D eigenvalue weighted by Crippen LogP contribution is 2.22. The molecular weight excluding hydrogens is 386 g/mol. The number of amides is 1. The van der Waals surface area contributed by atoms with Crippen molar-refractivity contribution in [2.24, 2.45) is 0 Å². The number of carbonyl (C=O) groups is 1. The minimum atomic E-state index is -3.44. The Kier molecular flexibility index (Phi) is 6.36. The first-order valence-electron chi connectivity index (χ1n) is 8.85. The number of nitrogens with one attached hydrogen (secondary N) is 2. The average molecular weight is 408 g/mol. The number of nitrogens with zero attached hydrogens (tertiary/aromatic N) is 1. The first-order valence-corrected chi connectivity index (χ1v) is 10.7. The third-order valence-corrected chi connectivity index (χ3v) is 6.55. The molecule has 0 unspecified atom stereocenters. The van der Waals surface area contributed by atoms with Gasteiger partial charge in [-0.1, -0.05) is 18.0 Å². The summed E-state index contributed by atoms with van der Waals surface area (Å²) in [5, 5.41) is 6.35. The Morgan fingerprint density at radius 3 is 2.15 bits per heavy atom. The summed E-state index contributed by atoms with van der Waals surface area (Å²) in [6, 6.07) is 13.3. The molecule has 6 nitrogen and oxygen atoms in total. The van der Waals surface area contributed by atoms with Crippen LogP contribution < -0.4 is 10.6 Å². The molecule has 0 spiro atoms. The number of benzene rings is 2. The van der Waals surface area contributed by atoms with Crippen LogP contribution in [-0.2, 0) is 14.8 Å². The van der Waals surface area contributed by atoms with Crippen LogP contribution in [0.5, 0.6) is 0 Å². The van der Waals surface area contributed by atoms with Crippen LogP contribution in [0.2, 0.25) is 5.02 Å². The van der Waals surface area contributed by atoms with Gasteiger partial charge in [-0.3, -0.25) is 4.79 Å². The molecule has 0 aromatic heterocycles. The van der Waals surface area contributed by atoms with Crippen molar-refractivity contribution in [2.45, 2.75) is 24.2 Å². The third kappa shape index (κ3) is 5.22. The van der Waals surface area contributed by atoms with E-state index in [-0.39, 0.29) is 17.3 Å². The molecule has 0 bridgehead atoms. The van der Waals surface area contributed by atoms with Gasteiger partial charge in [0.15, 0.2) is 0 Å². The standard InChI is InChI=1S/C19H22ClN3O3S/c20-15-4-6-17(7-5-15)22-19(24)14-21-16-8-10-18(11-9-16)27(25,26)23-12-2-1-3-13-23/h4-11,21H,1-3,12-14H2,(H,22,24). The molecule has 27 heavy (non-hydrogen) atoms. The zero-order chi connectivity index (χ0) is 19.3. The first kappa shape index (κ1) is 19.7. The Morgan fingerprint density at radius 1 is 0.926 bits per heavy atom. The summed E-state index contributed by atoms with van der Waals surface area (Å²) in [5.74, 6) is -0.206. The van der Waals surface area contributed by atoms with Crippen molar-refractivity contribution in [2.75, 3.05) is 30.3 Å². The summed E-state index contributed by atoms with van der Waals surface area (Å²) in [4.78, 5) is 12.3. The van der Waals surface area contributed by atoms with Gasteiger partial charge in [-0.25, -0.2) is 8.42 Å². The van der Waals surface area contributed by atoms with Crippen LogP contribution in [-0.4, -0.2) is 38.3 Å². The predicted molar refractivity (Wildman–Crippen MR) is 108 cm³/mol. The molecule has 2 aromatic rings. The van der Waals surface area contributed by atoms with E-state index in [4.69, 9.17) is 11.6 Å². The summed E-state index contributed by atoms with van der Waals surface area (Å²) in [7, 11) is -3.44. The number of sulfonamides is 1. The van der Waals surface area contributed by atoms with E-state index in [0.29, 0.717) is 29.5 Å². The molecule has 0 saturated carbocycles. The molecule has 2 N–H and O–H groups in total. The van der Waals surface area contributed by atoms with Gasteiger partial charge in [-0.05, 0) is 61.4 Å². The zero-order valence-corrected chi connectivity index (χ0v) is 16.4. The van der Waals surface area contributed by atoms with Crippen LogP contribution >= 0.6 is 11.6 Å². The molecule has 0 aliphatic carbocycles. The molecule has 1 saturated heterocycles. The van der Waals surface area contributed by atoms with Crippen molar-refractivity contribution in [1.29, 1.82) is 0 Å². The van der Waals surface area contributed by atoms with Crippen LogP contribution in [0.4, 0.5) is 11.4 Å². The number of hydrogen-bond acceptors (Lipinski definition) is 4. The third-order valence-electron chi connectivity index (χ3n) is 4.39. The van der Waals surface area contributed by atoms with Crippen molar-refractivity contribution >= 4 is 38.9 Å². The molecule has 1 heterocycles. The first-order chi connectivity index (χ1) is 12.9. The Balaban J connectivity index is 1.55. The lowest BCUT2D eigenvalue weighted by Crippen LogP contribution is -2.35. The summed E-state index contributed by atoms with van der Waals surface area (Å²) in [6.07, 6.45) is 2.89. The number of halogens is 1. The van der Waals surface area contributed by atoms with E-state index in [0.717, 1.165) is 19.3 Å². The Bertz CT molecular complexity index is 877. The summed E-state index contributed by atoms with van der Waals surface area (Å²) >= 11 is 5.81. The van der Waals surface area contributed by atoms with E-state index in [1.54, 1.807) is 52.8 Å². The quantitative estimate of drug-likeness (QED) is 0.767. The van der Waals surface area contributed by atoms with Crippen LogP contribution in [0.3, 0.4) is 0 Å². The number of hydrogen-bond donors (Lipinski definition) is 2. The molecule has 1 fully saturated rings. The van der Waals surface area contributed by atoms with Gasteiger partial charge in [-0.15, -0.1) is 0 Å². The van der Waals surface area contributed by atoms with E-state index in [9.17, 15) is 13.2 Å². The number of carbonyl (C=O) groups excluding carboxylic acids is 1. The maximum Gasteiger partial charge on any atom is 0.243 e. The fourth-order valence-electron chi connectivity index (χ4n) is 2.92. The van der Waals surface area contributed by atoms with Crippen LogP contribution in [0, 0.1) is 0 Å². The van der Waals surface area contributed by atoms with Crippen molar-refractivity contribution in [3.05, 3.63) is 53.6 Å². The molecule has 2 aromatic carbocycles. The molecule has 144 valence electrons. The fourth-order valence-corrected chi connectivity index (χ4v) is 4.56. The molecule has 0 radical (unpaired) electrons. The topological polar surface area (TPSA) is 78.5 Å². The number of piperidine rings is 1. The highest BCUT2D eigenvalue weighted by atomic mass is 35.5. The van der Waals surface area contributed by atoms with Crippen LogP contribution in [0.1, 0.15) is 19.3 Å². The van der Waals surface area contributed by atoms with Gasteiger partial charge in [-0.2, -0.15) is 4.31 Å². The SMILES string of the molecule is O=C(CNc1ccc(S(=O)(=O)N2CCCCC2)cc1)Nc1ccc(Cl)cc1. The van der Waals surface area contributed by atoms with E-state index in [1.807, 2.05) is 0 Å². The number of rotatable bonds is 6.